The van der Waals surface area contributed by atoms with Crippen LogP contribution in [0.2, 0.25) is 0 Å². The molecule has 1 atom stereocenters. The van der Waals surface area contributed by atoms with E-state index in [4.69, 9.17) is 9.84 Å². The van der Waals surface area contributed by atoms with E-state index in [1.54, 1.807) is 11.8 Å². The second kappa shape index (κ2) is 7.24. The van der Waals surface area contributed by atoms with Crippen LogP contribution in [0.5, 0.6) is 0 Å². The number of rotatable bonds is 3. The standard InChI is InChI=1S/C19H27NO4/c1-13(17(21)22)14-5-7-15(8-6-14)16-9-11-20(12-10-16)18(23)24-19(2,3)4/h5-8,13,16H,9-12H2,1-4H3,(H,21,22). The summed E-state index contributed by atoms with van der Waals surface area (Å²) in [5.41, 5.74) is 1.56. The van der Waals surface area contributed by atoms with Crippen LogP contribution in [-0.4, -0.2) is 40.8 Å². The third kappa shape index (κ3) is 4.73. The highest BCUT2D eigenvalue weighted by atomic mass is 16.6. The Morgan fingerprint density at radius 3 is 2.17 bits per heavy atom. The fourth-order valence-electron chi connectivity index (χ4n) is 2.92. The number of piperidine rings is 1. The summed E-state index contributed by atoms with van der Waals surface area (Å²) in [4.78, 5) is 24.9. The minimum absolute atomic E-state index is 0.244. The zero-order valence-electron chi connectivity index (χ0n) is 14.9. The van der Waals surface area contributed by atoms with E-state index < -0.39 is 17.5 Å². The first kappa shape index (κ1) is 18.3. The summed E-state index contributed by atoms with van der Waals surface area (Å²) in [6.45, 7) is 8.68. The number of hydrogen-bond acceptors (Lipinski definition) is 3. The third-order valence-corrected chi connectivity index (χ3v) is 4.42. The van der Waals surface area contributed by atoms with Crippen molar-refractivity contribution in [3.05, 3.63) is 35.4 Å². The molecular weight excluding hydrogens is 306 g/mol. The molecule has 1 saturated heterocycles. The summed E-state index contributed by atoms with van der Waals surface area (Å²) in [7, 11) is 0. The van der Waals surface area contributed by atoms with Crippen molar-refractivity contribution in [1.82, 2.24) is 4.90 Å². The molecule has 1 unspecified atom stereocenters. The van der Waals surface area contributed by atoms with Crippen molar-refractivity contribution in [1.29, 1.82) is 0 Å². The number of nitrogens with zero attached hydrogens (tertiary/aromatic N) is 1. The number of benzene rings is 1. The second-order valence-electron chi connectivity index (χ2n) is 7.47. The lowest BCUT2D eigenvalue weighted by molar-refractivity contribution is -0.138. The van der Waals surface area contributed by atoms with Crippen LogP contribution in [0.3, 0.4) is 0 Å². The van der Waals surface area contributed by atoms with Crippen LogP contribution in [-0.2, 0) is 9.53 Å². The molecule has 1 aromatic rings. The van der Waals surface area contributed by atoms with Crippen molar-refractivity contribution in [2.24, 2.45) is 0 Å². The topological polar surface area (TPSA) is 66.8 Å². The van der Waals surface area contributed by atoms with Crippen molar-refractivity contribution in [2.75, 3.05) is 13.1 Å². The molecule has 0 spiro atoms. The van der Waals surface area contributed by atoms with Crippen LogP contribution in [0, 0.1) is 0 Å². The van der Waals surface area contributed by atoms with Crippen molar-refractivity contribution < 1.29 is 19.4 Å². The van der Waals surface area contributed by atoms with Crippen molar-refractivity contribution in [3.63, 3.8) is 0 Å². The molecule has 1 aliphatic heterocycles. The summed E-state index contributed by atoms with van der Waals surface area (Å²) in [6, 6.07) is 7.83. The third-order valence-electron chi connectivity index (χ3n) is 4.42. The Kier molecular flexibility index (Phi) is 5.52. The molecule has 0 radical (unpaired) electrons. The molecule has 132 valence electrons. The fraction of sp³-hybridized carbons (Fsp3) is 0.579. The SMILES string of the molecule is CC(C(=O)O)c1ccc(C2CCN(C(=O)OC(C)(C)C)CC2)cc1. The van der Waals surface area contributed by atoms with E-state index >= 15 is 0 Å². The molecule has 1 aromatic carbocycles. The van der Waals surface area contributed by atoms with E-state index in [9.17, 15) is 9.59 Å². The first-order valence-electron chi connectivity index (χ1n) is 8.48. The lowest BCUT2D eigenvalue weighted by Gasteiger charge is -2.33. The molecule has 1 heterocycles. The van der Waals surface area contributed by atoms with Gasteiger partial charge in [0.2, 0.25) is 0 Å². The van der Waals surface area contributed by atoms with E-state index in [1.165, 1.54) is 5.56 Å². The number of carbonyl (C=O) groups excluding carboxylic acids is 1. The highest BCUT2D eigenvalue weighted by Gasteiger charge is 2.27. The van der Waals surface area contributed by atoms with E-state index in [2.05, 4.69) is 0 Å². The average Bonchev–Trinajstić information content (AvgIpc) is 2.53. The van der Waals surface area contributed by atoms with Gasteiger partial charge in [0.25, 0.3) is 0 Å². The van der Waals surface area contributed by atoms with Gasteiger partial charge in [-0.1, -0.05) is 24.3 Å². The minimum atomic E-state index is -0.812. The lowest BCUT2D eigenvalue weighted by atomic mass is 9.88. The number of ether oxygens (including phenoxy) is 1. The van der Waals surface area contributed by atoms with Gasteiger partial charge in [-0.25, -0.2) is 4.79 Å². The lowest BCUT2D eigenvalue weighted by Crippen LogP contribution is -2.41. The van der Waals surface area contributed by atoms with Gasteiger partial charge in [0.15, 0.2) is 0 Å². The maximum atomic E-state index is 12.1. The van der Waals surface area contributed by atoms with Crippen LogP contribution in [0.1, 0.15) is 63.5 Å². The van der Waals surface area contributed by atoms with Crippen molar-refractivity contribution >= 4 is 12.1 Å². The number of carboxylic acid groups (broad SMARTS) is 1. The predicted molar refractivity (Wildman–Crippen MR) is 92.3 cm³/mol. The maximum Gasteiger partial charge on any atom is 0.410 e. The Morgan fingerprint density at radius 1 is 1.17 bits per heavy atom. The normalized spacial score (nSPS) is 17.4. The first-order chi connectivity index (χ1) is 11.2. The van der Waals surface area contributed by atoms with Crippen LogP contribution in [0.25, 0.3) is 0 Å². The second-order valence-corrected chi connectivity index (χ2v) is 7.47. The van der Waals surface area contributed by atoms with Gasteiger partial charge in [-0.05, 0) is 57.6 Å². The van der Waals surface area contributed by atoms with Gasteiger partial charge in [-0.15, -0.1) is 0 Å². The number of hydrogen-bond donors (Lipinski definition) is 1. The van der Waals surface area contributed by atoms with Crippen LogP contribution in [0.15, 0.2) is 24.3 Å². The average molecular weight is 333 g/mol. The summed E-state index contributed by atoms with van der Waals surface area (Å²) in [6.07, 6.45) is 1.55. The van der Waals surface area contributed by atoms with Gasteiger partial charge >= 0.3 is 12.1 Å². The van der Waals surface area contributed by atoms with Gasteiger partial charge in [-0.3, -0.25) is 4.79 Å². The Bertz CT molecular complexity index is 580. The zero-order valence-corrected chi connectivity index (χ0v) is 14.9. The van der Waals surface area contributed by atoms with Gasteiger partial charge in [0, 0.05) is 13.1 Å². The van der Waals surface area contributed by atoms with Crippen LogP contribution in [0.4, 0.5) is 4.79 Å². The molecule has 0 aliphatic carbocycles. The van der Waals surface area contributed by atoms with E-state index in [1.807, 2.05) is 45.0 Å². The maximum absolute atomic E-state index is 12.1. The first-order valence-corrected chi connectivity index (χ1v) is 8.48. The quantitative estimate of drug-likeness (QED) is 0.908. The van der Waals surface area contributed by atoms with Gasteiger partial charge in [-0.2, -0.15) is 0 Å². The van der Waals surface area contributed by atoms with Crippen LogP contribution < -0.4 is 0 Å². The van der Waals surface area contributed by atoms with E-state index in [-0.39, 0.29) is 6.09 Å². The summed E-state index contributed by atoms with van der Waals surface area (Å²) in [5, 5.41) is 9.07. The van der Waals surface area contributed by atoms with Gasteiger partial charge < -0.3 is 14.7 Å². The molecule has 0 aromatic heterocycles. The number of likely N-dealkylation sites (tertiary alicyclic amines) is 1. The Balaban J connectivity index is 1.92. The molecule has 1 amide bonds. The number of carbonyl (C=O) groups is 2. The Labute approximate surface area is 143 Å². The largest absolute Gasteiger partial charge is 0.481 e. The minimum Gasteiger partial charge on any atom is -0.481 e. The molecule has 1 N–H and O–H groups in total. The molecule has 5 heteroatoms. The Hall–Kier alpha value is -2.04. The number of aliphatic carboxylic acids is 1. The molecule has 5 nitrogen and oxygen atoms in total. The zero-order chi connectivity index (χ0) is 17.9. The number of carboxylic acids is 1. The predicted octanol–water partition coefficient (Wildman–Crippen LogP) is 3.99. The summed E-state index contributed by atoms with van der Waals surface area (Å²) < 4.78 is 5.41. The van der Waals surface area contributed by atoms with Crippen molar-refractivity contribution in [2.45, 2.75) is 58.0 Å². The highest BCUT2D eigenvalue weighted by molar-refractivity contribution is 5.75. The molecule has 24 heavy (non-hydrogen) atoms. The van der Waals surface area contributed by atoms with Crippen LogP contribution >= 0.6 is 0 Å². The highest BCUT2D eigenvalue weighted by Crippen LogP contribution is 2.29. The van der Waals surface area contributed by atoms with Gasteiger partial charge in [0.05, 0.1) is 5.92 Å². The monoisotopic (exact) mass is 333 g/mol. The molecular formula is C19H27NO4. The summed E-state index contributed by atoms with van der Waals surface area (Å²) >= 11 is 0. The molecule has 1 fully saturated rings. The molecule has 2 rings (SSSR count). The van der Waals surface area contributed by atoms with Gasteiger partial charge in [0.1, 0.15) is 5.60 Å². The number of amides is 1. The molecule has 1 aliphatic rings. The molecule has 0 saturated carbocycles. The fourth-order valence-corrected chi connectivity index (χ4v) is 2.92. The smallest absolute Gasteiger partial charge is 0.410 e. The molecule has 0 bridgehead atoms. The van der Waals surface area contributed by atoms with Crippen molar-refractivity contribution in [3.8, 4) is 0 Å². The van der Waals surface area contributed by atoms with E-state index in [0.717, 1.165) is 18.4 Å². The summed E-state index contributed by atoms with van der Waals surface area (Å²) in [5.74, 6) is -0.903. The Morgan fingerprint density at radius 2 is 1.71 bits per heavy atom. The van der Waals surface area contributed by atoms with E-state index in [0.29, 0.717) is 19.0 Å².